The molecule has 1 fully saturated rings. The Morgan fingerprint density at radius 2 is 1.89 bits per heavy atom. The van der Waals surface area contributed by atoms with Crippen molar-refractivity contribution in [1.29, 1.82) is 0 Å². The first kappa shape index (κ1) is 11.7. The summed E-state index contributed by atoms with van der Waals surface area (Å²) in [5.41, 5.74) is 3.16. The Bertz CT molecular complexity index is 592. The van der Waals surface area contributed by atoms with Gasteiger partial charge in [-0.3, -0.25) is 4.98 Å². The summed E-state index contributed by atoms with van der Waals surface area (Å²) >= 11 is 0. The lowest BCUT2D eigenvalue weighted by molar-refractivity contribution is 0.105. The predicted octanol–water partition coefficient (Wildman–Crippen LogP) is 2.83. The summed E-state index contributed by atoms with van der Waals surface area (Å²) in [5.74, 6) is 0.250. The molecule has 0 atom stereocenters. The Morgan fingerprint density at radius 1 is 1.16 bits per heavy atom. The van der Waals surface area contributed by atoms with E-state index in [0.717, 1.165) is 16.8 Å². The number of pyridine rings is 1. The number of aromatic nitrogens is 1. The van der Waals surface area contributed by atoms with Crippen LogP contribution in [0.1, 0.15) is 11.5 Å². The molecule has 1 saturated heterocycles. The van der Waals surface area contributed by atoms with E-state index in [1.807, 2.05) is 42.5 Å². The summed E-state index contributed by atoms with van der Waals surface area (Å²) in [6, 6.07) is 13.9. The lowest BCUT2D eigenvalue weighted by Gasteiger charge is -2.37. The molecule has 4 nitrogen and oxygen atoms in total. The minimum atomic E-state index is -0.846. The Labute approximate surface area is 111 Å². The molecule has 1 aliphatic heterocycles. The molecule has 1 N–H and O–H groups in total. The van der Waals surface area contributed by atoms with Crippen LogP contribution in [0.25, 0.3) is 11.3 Å². The Hall–Kier alpha value is -2.36. The Morgan fingerprint density at radius 3 is 2.58 bits per heavy atom. The van der Waals surface area contributed by atoms with E-state index in [1.165, 1.54) is 4.90 Å². The fraction of sp³-hybridized carbons (Fsp3) is 0.200. The van der Waals surface area contributed by atoms with Crippen molar-refractivity contribution in [3.8, 4) is 11.3 Å². The van der Waals surface area contributed by atoms with E-state index in [1.54, 1.807) is 6.20 Å². The third-order valence-corrected chi connectivity index (χ3v) is 3.48. The number of carboxylic acid groups (broad SMARTS) is 1. The van der Waals surface area contributed by atoms with Crippen molar-refractivity contribution < 1.29 is 9.90 Å². The standard InChI is InChI=1S/C15H14N2O2/c18-15(19)17-9-12(10-17)13-7-4-8-16-14(13)11-5-2-1-3-6-11/h1-8,12H,9-10H2,(H,18,19). The molecule has 19 heavy (non-hydrogen) atoms. The average molecular weight is 254 g/mol. The van der Waals surface area contributed by atoms with Crippen molar-refractivity contribution >= 4 is 6.09 Å². The summed E-state index contributed by atoms with van der Waals surface area (Å²) in [5, 5.41) is 8.89. The normalized spacial score (nSPS) is 15.1. The zero-order chi connectivity index (χ0) is 13.2. The molecule has 0 radical (unpaired) electrons. The van der Waals surface area contributed by atoms with Gasteiger partial charge in [0.25, 0.3) is 0 Å². The first-order chi connectivity index (χ1) is 9.25. The third-order valence-electron chi connectivity index (χ3n) is 3.48. The summed E-state index contributed by atoms with van der Waals surface area (Å²) < 4.78 is 0. The fourth-order valence-corrected chi connectivity index (χ4v) is 2.42. The molecule has 0 spiro atoms. The quantitative estimate of drug-likeness (QED) is 0.896. The van der Waals surface area contributed by atoms with Gasteiger partial charge in [-0.2, -0.15) is 0 Å². The van der Waals surface area contributed by atoms with Gasteiger partial charge in [0.1, 0.15) is 0 Å². The van der Waals surface area contributed by atoms with E-state index in [2.05, 4.69) is 4.98 Å². The van der Waals surface area contributed by atoms with Gasteiger partial charge < -0.3 is 10.0 Å². The highest BCUT2D eigenvalue weighted by Gasteiger charge is 2.33. The van der Waals surface area contributed by atoms with E-state index in [0.29, 0.717) is 13.1 Å². The van der Waals surface area contributed by atoms with Crippen LogP contribution in [-0.4, -0.2) is 34.2 Å². The maximum atomic E-state index is 10.8. The van der Waals surface area contributed by atoms with Crippen molar-refractivity contribution in [3.63, 3.8) is 0 Å². The maximum Gasteiger partial charge on any atom is 0.407 e. The topological polar surface area (TPSA) is 53.4 Å². The Balaban J connectivity index is 1.90. The van der Waals surface area contributed by atoms with Crippen LogP contribution in [0.2, 0.25) is 0 Å². The van der Waals surface area contributed by atoms with E-state index < -0.39 is 6.09 Å². The van der Waals surface area contributed by atoms with Gasteiger partial charge in [-0.25, -0.2) is 4.79 Å². The molecule has 1 aromatic carbocycles. The minimum Gasteiger partial charge on any atom is -0.465 e. The van der Waals surface area contributed by atoms with Crippen LogP contribution in [0, 0.1) is 0 Å². The lowest BCUT2D eigenvalue weighted by Crippen LogP contribution is -2.47. The number of amides is 1. The van der Waals surface area contributed by atoms with Gasteiger partial charge >= 0.3 is 6.09 Å². The Kier molecular flexibility index (Phi) is 2.91. The number of rotatable bonds is 2. The van der Waals surface area contributed by atoms with Crippen molar-refractivity contribution in [2.75, 3.05) is 13.1 Å². The van der Waals surface area contributed by atoms with E-state index in [-0.39, 0.29) is 5.92 Å². The van der Waals surface area contributed by atoms with Gasteiger partial charge in [-0.15, -0.1) is 0 Å². The molecule has 0 bridgehead atoms. The molecule has 1 aromatic heterocycles. The third kappa shape index (κ3) is 2.17. The molecule has 3 rings (SSSR count). The van der Waals surface area contributed by atoms with Crippen LogP contribution in [0.15, 0.2) is 48.7 Å². The molecule has 0 aliphatic carbocycles. The highest BCUT2D eigenvalue weighted by Crippen LogP contribution is 2.33. The summed E-state index contributed by atoms with van der Waals surface area (Å²) in [6.07, 6.45) is 0.931. The van der Waals surface area contributed by atoms with Crippen LogP contribution in [-0.2, 0) is 0 Å². The molecular weight excluding hydrogens is 240 g/mol. The molecule has 96 valence electrons. The first-order valence-corrected chi connectivity index (χ1v) is 6.24. The predicted molar refractivity (Wildman–Crippen MR) is 72.0 cm³/mol. The number of benzene rings is 1. The first-order valence-electron chi connectivity index (χ1n) is 6.24. The largest absolute Gasteiger partial charge is 0.465 e. The molecule has 0 unspecified atom stereocenters. The van der Waals surface area contributed by atoms with Crippen molar-refractivity contribution in [3.05, 3.63) is 54.2 Å². The summed E-state index contributed by atoms with van der Waals surface area (Å²) in [6.45, 7) is 1.11. The van der Waals surface area contributed by atoms with Crippen molar-refractivity contribution in [2.45, 2.75) is 5.92 Å². The van der Waals surface area contributed by atoms with Gasteiger partial charge in [-0.1, -0.05) is 36.4 Å². The summed E-state index contributed by atoms with van der Waals surface area (Å²) in [4.78, 5) is 16.7. The molecule has 4 heteroatoms. The minimum absolute atomic E-state index is 0.250. The molecule has 0 saturated carbocycles. The molecular formula is C15H14N2O2. The molecule has 2 aromatic rings. The number of hydrogen-bond donors (Lipinski definition) is 1. The van der Waals surface area contributed by atoms with Crippen molar-refractivity contribution in [2.24, 2.45) is 0 Å². The molecule has 1 aliphatic rings. The molecule has 1 amide bonds. The number of hydrogen-bond acceptors (Lipinski definition) is 2. The number of likely N-dealkylation sites (tertiary alicyclic amines) is 1. The van der Waals surface area contributed by atoms with E-state index in [4.69, 9.17) is 5.11 Å². The fourth-order valence-electron chi connectivity index (χ4n) is 2.42. The zero-order valence-corrected chi connectivity index (χ0v) is 10.4. The van der Waals surface area contributed by atoms with Gasteiger partial charge in [0.05, 0.1) is 5.69 Å². The monoisotopic (exact) mass is 254 g/mol. The van der Waals surface area contributed by atoms with Gasteiger partial charge in [0.2, 0.25) is 0 Å². The highest BCUT2D eigenvalue weighted by atomic mass is 16.4. The van der Waals surface area contributed by atoms with E-state index >= 15 is 0 Å². The van der Waals surface area contributed by atoms with Crippen LogP contribution < -0.4 is 0 Å². The van der Waals surface area contributed by atoms with Crippen LogP contribution in [0.5, 0.6) is 0 Å². The SMILES string of the molecule is O=C(O)N1CC(c2cccnc2-c2ccccc2)C1. The van der Waals surface area contributed by atoms with Gasteiger partial charge in [-0.05, 0) is 11.6 Å². The number of carbonyl (C=O) groups is 1. The summed E-state index contributed by atoms with van der Waals surface area (Å²) in [7, 11) is 0. The van der Waals surface area contributed by atoms with Gasteiger partial charge in [0, 0.05) is 30.8 Å². The second kappa shape index (κ2) is 4.72. The zero-order valence-electron chi connectivity index (χ0n) is 10.4. The second-order valence-electron chi connectivity index (χ2n) is 4.69. The van der Waals surface area contributed by atoms with Gasteiger partial charge in [0.15, 0.2) is 0 Å². The highest BCUT2D eigenvalue weighted by molar-refractivity contribution is 5.68. The smallest absolute Gasteiger partial charge is 0.407 e. The average Bonchev–Trinajstić information content (AvgIpc) is 2.38. The van der Waals surface area contributed by atoms with E-state index in [9.17, 15) is 4.79 Å². The van der Waals surface area contributed by atoms with Crippen LogP contribution >= 0.6 is 0 Å². The lowest BCUT2D eigenvalue weighted by atomic mass is 9.89. The number of nitrogens with zero attached hydrogens (tertiary/aromatic N) is 2. The van der Waals surface area contributed by atoms with Crippen molar-refractivity contribution in [1.82, 2.24) is 9.88 Å². The second-order valence-corrected chi connectivity index (χ2v) is 4.69. The van der Waals surface area contributed by atoms with Crippen LogP contribution in [0.3, 0.4) is 0 Å². The van der Waals surface area contributed by atoms with Crippen LogP contribution in [0.4, 0.5) is 4.79 Å². The maximum absolute atomic E-state index is 10.8. The molecule has 2 heterocycles.